The highest BCUT2D eigenvalue weighted by atomic mass is 79.9. The normalized spacial score (nSPS) is 10.4. The van der Waals surface area contributed by atoms with Crippen LogP contribution in [0.5, 0.6) is 5.88 Å². The van der Waals surface area contributed by atoms with Crippen LogP contribution < -0.4 is 4.74 Å². The Bertz CT molecular complexity index is 466. The summed E-state index contributed by atoms with van der Waals surface area (Å²) in [5.74, 6) is 0.504. The van der Waals surface area contributed by atoms with E-state index in [0.29, 0.717) is 22.7 Å². The van der Waals surface area contributed by atoms with Gasteiger partial charge in [0.25, 0.3) is 5.88 Å². The molecule has 2 rings (SSSR count). The summed E-state index contributed by atoms with van der Waals surface area (Å²) in [7, 11) is 0. The molecule has 0 spiro atoms. The van der Waals surface area contributed by atoms with Gasteiger partial charge in [0.05, 0.1) is 0 Å². The fraction of sp³-hybridized carbons (Fsp3) is 0.111. The average Bonchev–Trinajstić information content (AvgIpc) is 2.61. The van der Waals surface area contributed by atoms with Crippen molar-refractivity contribution in [3.05, 3.63) is 35.8 Å². The van der Waals surface area contributed by atoms with Crippen LogP contribution in [-0.4, -0.2) is 21.0 Å². The molecule has 0 radical (unpaired) electrons. The Morgan fingerprint density at radius 2 is 2.50 bits per heavy atom. The number of fused-ring (bicyclic) bond motifs is 1. The third-order valence-electron chi connectivity index (χ3n) is 1.65. The highest BCUT2D eigenvalue weighted by Crippen LogP contribution is 2.18. The lowest BCUT2D eigenvalue weighted by atomic mass is 10.6. The molecule has 4 nitrogen and oxygen atoms in total. The molecule has 0 atom stereocenters. The van der Waals surface area contributed by atoms with Crippen molar-refractivity contribution in [1.82, 2.24) is 14.4 Å². The molecule has 0 saturated heterocycles. The second-order valence-corrected chi connectivity index (χ2v) is 3.44. The number of aromatic nitrogens is 3. The van der Waals surface area contributed by atoms with Gasteiger partial charge >= 0.3 is 0 Å². The second-order valence-electron chi connectivity index (χ2n) is 2.63. The molecule has 0 aliphatic carbocycles. The van der Waals surface area contributed by atoms with E-state index in [9.17, 15) is 0 Å². The van der Waals surface area contributed by atoms with Gasteiger partial charge in [-0.25, -0.2) is 9.97 Å². The number of hydrogen-bond acceptors (Lipinski definition) is 3. The van der Waals surface area contributed by atoms with Crippen molar-refractivity contribution < 1.29 is 4.74 Å². The van der Waals surface area contributed by atoms with E-state index < -0.39 is 0 Å². The lowest BCUT2D eigenvalue weighted by Gasteiger charge is -2.03. The molecule has 0 unspecified atom stereocenters. The molecule has 0 saturated carbocycles. The molecule has 0 aromatic carbocycles. The van der Waals surface area contributed by atoms with Crippen LogP contribution >= 0.6 is 15.9 Å². The standard InChI is InChI=1S/C9H8BrN3O/c1-2-5-14-9-8-11-3-4-13(8)6-7(10)12-9/h2-4,6H,1,5H2. The van der Waals surface area contributed by atoms with Crippen LogP contribution in [0.3, 0.4) is 0 Å². The van der Waals surface area contributed by atoms with Crippen LogP contribution in [0.15, 0.2) is 35.8 Å². The zero-order valence-corrected chi connectivity index (χ0v) is 8.94. The first-order valence-electron chi connectivity index (χ1n) is 4.04. The Labute approximate surface area is 89.4 Å². The molecule has 72 valence electrons. The van der Waals surface area contributed by atoms with Crippen molar-refractivity contribution in [1.29, 1.82) is 0 Å². The molecule has 0 amide bonds. The van der Waals surface area contributed by atoms with Gasteiger partial charge in [-0.1, -0.05) is 12.7 Å². The minimum atomic E-state index is 0.423. The van der Waals surface area contributed by atoms with Crippen LogP contribution in [0.25, 0.3) is 5.65 Å². The number of halogens is 1. The maximum absolute atomic E-state index is 5.37. The van der Waals surface area contributed by atoms with E-state index in [1.165, 1.54) is 0 Å². The number of ether oxygens (including phenoxy) is 1. The number of nitrogens with zero attached hydrogens (tertiary/aromatic N) is 3. The number of rotatable bonds is 3. The first kappa shape index (κ1) is 9.21. The average molecular weight is 254 g/mol. The molecule has 2 aromatic rings. The van der Waals surface area contributed by atoms with Gasteiger partial charge < -0.3 is 4.74 Å². The largest absolute Gasteiger partial charge is 0.471 e. The predicted octanol–water partition coefficient (Wildman–Crippen LogP) is 2.06. The summed E-state index contributed by atoms with van der Waals surface area (Å²) in [6, 6.07) is 0. The minimum absolute atomic E-state index is 0.423. The summed E-state index contributed by atoms with van der Waals surface area (Å²) in [6.07, 6.45) is 7.03. The summed E-state index contributed by atoms with van der Waals surface area (Å²) in [6.45, 7) is 4.00. The van der Waals surface area contributed by atoms with E-state index in [1.807, 2.05) is 16.8 Å². The molecule has 0 aliphatic rings. The predicted molar refractivity (Wildman–Crippen MR) is 56.4 cm³/mol. The van der Waals surface area contributed by atoms with Crippen molar-refractivity contribution >= 4 is 21.6 Å². The van der Waals surface area contributed by atoms with Crippen molar-refractivity contribution in [2.24, 2.45) is 0 Å². The summed E-state index contributed by atoms with van der Waals surface area (Å²) in [4.78, 5) is 8.31. The van der Waals surface area contributed by atoms with Crippen molar-refractivity contribution in [2.75, 3.05) is 6.61 Å². The van der Waals surface area contributed by atoms with Crippen LogP contribution in [0.1, 0.15) is 0 Å². The number of hydrogen-bond donors (Lipinski definition) is 0. The fourth-order valence-corrected chi connectivity index (χ4v) is 1.49. The zero-order chi connectivity index (χ0) is 9.97. The molecule has 0 bridgehead atoms. The van der Waals surface area contributed by atoms with Gasteiger partial charge in [0.2, 0.25) is 5.65 Å². The Hall–Kier alpha value is -1.36. The zero-order valence-electron chi connectivity index (χ0n) is 7.35. The van der Waals surface area contributed by atoms with Crippen LogP contribution in [-0.2, 0) is 0 Å². The summed E-state index contributed by atoms with van der Waals surface area (Å²) < 4.78 is 7.92. The Morgan fingerprint density at radius 3 is 3.29 bits per heavy atom. The number of imidazole rings is 1. The van der Waals surface area contributed by atoms with Crippen LogP contribution in [0.2, 0.25) is 0 Å². The van der Waals surface area contributed by atoms with Gasteiger partial charge in [-0.05, 0) is 15.9 Å². The van der Waals surface area contributed by atoms with E-state index in [4.69, 9.17) is 4.74 Å². The highest BCUT2D eigenvalue weighted by Gasteiger charge is 2.06. The summed E-state index contributed by atoms with van der Waals surface area (Å²) in [5.41, 5.74) is 0.704. The van der Waals surface area contributed by atoms with Crippen LogP contribution in [0.4, 0.5) is 0 Å². The van der Waals surface area contributed by atoms with Gasteiger partial charge in [0.15, 0.2) is 0 Å². The maximum Gasteiger partial charge on any atom is 0.259 e. The van der Waals surface area contributed by atoms with Crippen LogP contribution in [0, 0.1) is 0 Å². The summed E-state index contributed by atoms with van der Waals surface area (Å²) >= 11 is 3.29. The van der Waals surface area contributed by atoms with E-state index in [2.05, 4.69) is 32.5 Å². The lowest BCUT2D eigenvalue weighted by molar-refractivity contribution is 0.350. The molecule has 14 heavy (non-hydrogen) atoms. The molecule has 0 aliphatic heterocycles. The van der Waals surface area contributed by atoms with E-state index in [-0.39, 0.29) is 0 Å². The Kier molecular flexibility index (Phi) is 2.49. The minimum Gasteiger partial charge on any atom is -0.471 e. The van der Waals surface area contributed by atoms with Crippen molar-refractivity contribution in [2.45, 2.75) is 0 Å². The summed E-state index contributed by atoms with van der Waals surface area (Å²) in [5, 5.41) is 0. The van der Waals surface area contributed by atoms with E-state index in [0.717, 1.165) is 0 Å². The second kappa shape index (κ2) is 3.79. The lowest BCUT2D eigenvalue weighted by Crippen LogP contribution is -1.99. The van der Waals surface area contributed by atoms with Gasteiger partial charge in [0.1, 0.15) is 11.2 Å². The molecule has 5 heteroatoms. The highest BCUT2D eigenvalue weighted by molar-refractivity contribution is 9.10. The maximum atomic E-state index is 5.37. The first-order chi connectivity index (χ1) is 6.81. The van der Waals surface area contributed by atoms with Crippen molar-refractivity contribution in [3.8, 4) is 5.88 Å². The van der Waals surface area contributed by atoms with E-state index in [1.54, 1.807) is 12.3 Å². The molecule has 2 aromatic heterocycles. The molecular formula is C9H8BrN3O. The first-order valence-corrected chi connectivity index (χ1v) is 4.83. The quantitative estimate of drug-likeness (QED) is 0.787. The van der Waals surface area contributed by atoms with Gasteiger partial charge in [-0.15, -0.1) is 0 Å². The topological polar surface area (TPSA) is 39.4 Å². The monoisotopic (exact) mass is 253 g/mol. The Balaban J connectivity index is 2.49. The molecule has 2 heterocycles. The van der Waals surface area contributed by atoms with E-state index >= 15 is 0 Å². The SMILES string of the molecule is C=CCOc1nc(Br)cn2ccnc12. The molecule has 0 fully saturated rings. The smallest absolute Gasteiger partial charge is 0.259 e. The molecule has 0 N–H and O–H groups in total. The Morgan fingerprint density at radius 1 is 1.64 bits per heavy atom. The van der Waals surface area contributed by atoms with Gasteiger partial charge in [-0.2, -0.15) is 0 Å². The van der Waals surface area contributed by atoms with Crippen molar-refractivity contribution in [3.63, 3.8) is 0 Å². The third kappa shape index (κ3) is 1.63. The molecular weight excluding hydrogens is 246 g/mol. The fourth-order valence-electron chi connectivity index (χ4n) is 1.11. The third-order valence-corrected chi connectivity index (χ3v) is 2.03. The van der Waals surface area contributed by atoms with Gasteiger partial charge in [-0.3, -0.25) is 4.40 Å². The van der Waals surface area contributed by atoms with Gasteiger partial charge in [0, 0.05) is 18.6 Å².